The van der Waals surface area contributed by atoms with Crippen molar-refractivity contribution in [3.63, 3.8) is 0 Å². The summed E-state index contributed by atoms with van der Waals surface area (Å²) in [6, 6.07) is 45.3. The van der Waals surface area contributed by atoms with Crippen LogP contribution in [0.5, 0.6) is 0 Å². The second-order valence-electron chi connectivity index (χ2n) is 11.3. The molecule has 0 unspecified atom stereocenters. The molecule has 0 atom stereocenters. The number of benzene rings is 5. The molecule has 2 nitrogen and oxygen atoms in total. The molecular weight excluding hydrogens is 475 g/mol. The van der Waals surface area contributed by atoms with Crippen LogP contribution in [0.4, 0.5) is 0 Å². The first-order chi connectivity index (χ1) is 18.8. The standard InChI is InChI=1S/C36H33BO2/c1-35(2)36(3,4)39-37(38-35)34-24-32(28-18-12-7-13-19-28)23-33(25-34)31-21-29(26-14-8-5-9-15-26)20-30(22-31)27-16-10-6-11-17-27/h5-25H,1-4H3. The molecule has 0 bridgehead atoms. The highest BCUT2D eigenvalue weighted by Crippen LogP contribution is 2.38. The highest BCUT2D eigenvalue weighted by Gasteiger charge is 2.51. The Kier molecular flexibility index (Phi) is 6.50. The molecular formula is C36H33BO2. The van der Waals surface area contributed by atoms with Gasteiger partial charge in [0, 0.05) is 0 Å². The minimum absolute atomic E-state index is 0.408. The highest BCUT2D eigenvalue weighted by molar-refractivity contribution is 6.62. The van der Waals surface area contributed by atoms with Crippen molar-refractivity contribution >= 4 is 12.6 Å². The zero-order valence-corrected chi connectivity index (χ0v) is 23.0. The molecule has 0 N–H and O–H groups in total. The SMILES string of the molecule is CC1(C)OB(c2cc(-c3ccccc3)cc(-c3cc(-c4ccccc4)cc(-c4ccccc4)c3)c2)OC1(C)C. The maximum absolute atomic E-state index is 6.50. The molecule has 0 saturated carbocycles. The van der Waals surface area contributed by atoms with Crippen molar-refractivity contribution in [2.24, 2.45) is 0 Å². The van der Waals surface area contributed by atoms with Gasteiger partial charge in [0.1, 0.15) is 0 Å². The summed E-state index contributed by atoms with van der Waals surface area (Å²) in [5, 5.41) is 0. The molecule has 1 heterocycles. The quantitative estimate of drug-likeness (QED) is 0.221. The van der Waals surface area contributed by atoms with Crippen molar-refractivity contribution in [2.75, 3.05) is 0 Å². The summed E-state index contributed by atoms with van der Waals surface area (Å²) in [4.78, 5) is 0. The van der Waals surface area contributed by atoms with Crippen molar-refractivity contribution in [3.8, 4) is 44.5 Å². The summed E-state index contributed by atoms with van der Waals surface area (Å²) < 4.78 is 13.0. The summed E-state index contributed by atoms with van der Waals surface area (Å²) in [6.07, 6.45) is 0. The van der Waals surface area contributed by atoms with Gasteiger partial charge in [-0.1, -0.05) is 103 Å². The Labute approximate surface area is 232 Å². The molecule has 0 spiro atoms. The van der Waals surface area contributed by atoms with Crippen LogP contribution in [0.1, 0.15) is 27.7 Å². The van der Waals surface area contributed by atoms with Gasteiger partial charge < -0.3 is 9.31 Å². The summed E-state index contributed by atoms with van der Waals surface area (Å²) >= 11 is 0. The predicted octanol–water partition coefficient (Wildman–Crippen LogP) is 8.65. The van der Waals surface area contributed by atoms with E-state index in [1.165, 1.54) is 27.8 Å². The molecule has 5 aromatic rings. The van der Waals surface area contributed by atoms with E-state index in [1.807, 2.05) is 0 Å². The molecule has 1 aliphatic rings. The molecule has 192 valence electrons. The third kappa shape index (κ3) is 5.08. The van der Waals surface area contributed by atoms with E-state index in [1.54, 1.807) is 0 Å². The van der Waals surface area contributed by atoms with E-state index < -0.39 is 18.3 Å². The minimum Gasteiger partial charge on any atom is -0.399 e. The van der Waals surface area contributed by atoms with Crippen LogP contribution in [0, 0.1) is 0 Å². The highest BCUT2D eigenvalue weighted by atomic mass is 16.7. The monoisotopic (exact) mass is 508 g/mol. The van der Waals surface area contributed by atoms with Crippen molar-refractivity contribution < 1.29 is 9.31 Å². The van der Waals surface area contributed by atoms with Crippen LogP contribution in [0.2, 0.25) is 0 Å². The van der Waals surface area contributed by atoms with E-state index in [0.717, 1.165) is 22.2 Å². The summed E-state index contributed by atoms with van der Waals surface area (Å²) in [5.74, 6) is 0. The van der Waals surface area contributed by atoms with E-state index in [4.69, 9.17) is 9.31 Å². The lowest BCUT2D eigenvalue weighted by Crippen LogP contribution is -2.41. The zero-order valence-electron chi connectivity index (χ0n) is 23.0. The van der Waals surface area contributed by atoms with E-state index in [-0.39, 0.29) is 0 Å². The molecule has 3 heteroatoms. The van der Waals surface area contributed by atoms with Crippen LogP contribution in [-0.2, 0) is 9.31 Å². The second kappa shape index (κ2) is 10.00. The van der Waals surface area contributed by atoms with Gasteiger partial charge in [-0.3, -0.25) is 0 Å². The zero-order chi connectivity index (χ0) is 27.0. The molecule has 0 aromatic heterocycles. The number of rotatable bonds is 5. The van der Waals surface area contributed by atoms with Gasteiger partial charge in [-0.2, -0.15) is 0 Å². The first kappa shape index (κ1) is 25.4. The lowest BCUT2D eigenvalue weighted by molar-refractivity contribution is 0.00578. The van der Waals surface area contributed by atoms with Gasteiger partial charge in [-0.05, 0) is 102 Å². The Balaban J connectivity index is 1.54. The van der Waals surface area contributed by atoms with E-state index in [2.05, 4.69) is 155 Å². The number of hydrogen-bond acceptors (Lipinski definition) is 2. The van der Waals surface area contributed by atoms with Gasteiger partial charge in [0.2, 0.25) is 0 Å². The lowest BCUT2D eigenvalue weighted by Gasteiger charge is -2.32. The Morgan fingerprint density at radius 1 is 0.385 bits per heavy atom. The average molecular weight is 508 g/mol. The maximum atomic E-state index is 6.50. The second-order valence-corrected chi connectivity index (χ2v) is 11.3. The normalized spacial score (nSPS) is 15.8. The lowest BCUT2D eigenvalue weighted by atomic mass is 9.76. The van der Waals surface area contributed by atoms with Gasteiger partial charge in [0.05, 0.1) is 11.2 Å². The van der Waals surface area contributed by atoms with Crippen molar-refractivity contribution in [1.82, 2.24) is 0 Å². The van der Waals surface area contributed by atoms with Gasteiger partial charge in [-0.25, -0.2) is 0 Å². The van der Waals surface area contributed by atoms with Gasteiger partial charge in [0.25, 0.3) is 0 Å². The number of hydrogen-bond donors (Lipinski definition) is 0. The summed E-state index contributed by atoms with van der Waals surface area (Å²) in [7, 11) is -0.441. The van der Waals surface area contributed by atoms with Crippen LogP contribution in [0.25, 0.3) is 44.5 Å². The van der Waals surface area contributed by atoms with Crippen molar-refractivity contribution in [3.05, 3.63) is 127 Å². The van der Waals surface area contributed by atoms with E-state index in [9.17, 15) is 0 Å². The largest absolute Gasteiger partial charge is 0.494 e. The van der Waals surface area contributed by atoms with Crippen molar-refractivity contribution in [1.29, 1.82) is 0 Å². The smallest absolute Gasteiger partial charge is 0.399 e. The van der Waals surface area contributed by atoms with Crippen LogP contribution in [0.15, 0.2) is 127 Å². The Hall–Kier alpha value is -3.92. The van der Waals surface area contributed by atoms with Crippen LogP contribution in [0.3, 0.4) is 0 Å². The molecule has 0 amide bonds. The fourth-order valence-electron chi connectivity index (χ4n) is 5.12. The first-order valence-electron chi connectivity index (χ1n) is 13.6. The molecule has 39 heavy (non-hydrogen) atoms. The van der Waals surface area contributed by atoms with E-state index >= 15 is 0 Å². The Bertz CT molecular complexity index is 1520. The van der Waals surface area contributed by atoms with E-state index in [0.29, 0.717) is 0 Å². The molecule has 1 aliphatic heterocycles. The van der Waals surface area contributed by atoms with Gasteiger partial charge >= 0.3 is 7.12 Å². The molecule has 0 aliphatic carbocycles. The van der Waals surface area contributed by atoms with Crippen LogP contribution < -0.4 is 5.46 Å². The third-order valence-electron chi connectivity index (χ3n) is 8.07. The fourth-order valence-corrected chi connectivity index (χ4v) is 5.12. The Morgan fingerprint density at radius 2 is 0.667 bits per heavy atom. The van der Waals surface area contributed by atoms with Crippen molar-refractivity contribution in [2.45, 2.75) is 38.9 Å². The Morgan fingerprint density at radius 3 is 1.03 bits per heavy atom. The molecule has 5 aromatic carbocycles. The summed E-state index contributed by atoms with van der Waals surface area (Å²) in [6.45, 7) is 8.41. The first-order valence-corrected chi connectivity index (χ1v) is 13.6. The minimum atomic E-state index is -0.441. The molecule has 1 saturated heterocycles. The molecule has 1 fully saturated rings. The van der Waals surface area contributed by atoms with Crippen LogP contribution in [-0.4, -0.2) is 18.3 Å². The predicted molar refractivity (Wildman–Crippen MR) is 164 cm³/mol. The van der Waals surface area contributed by atoms with Gasteiger partial charge in [0.15, 0.2) is 0 Å². The van der Waals surface area contributed by atoms with Crippen LogP contribution >= 0.6 is 0 Å². The molecule has 6 rings (SSSR count). The topological polar surface area (TPSA) is 18.5 Å². The fraction of sp³-hybridized carbons (Fsp3) is 0.167. The van der Waals surface area contributed by atoms with Gasteiger partial charge in [-0.15, -0.1) is 0 Å². The summed E-state index contributed by atoms with van der Waals surface area (Å²) in [5.41, 5.74) is 9.58. The molecule has 0 radical (unpaired) electrons. The third-order valence-corrected chi connectivity index (χ3v) is 8.07. The average Bonchev–Trinajstić information content (AvgIpc) is 3.20. The maximum Gasteiger partial charge on any atom is 0.494 e.